The number of pyridine rings is 1. The number of halogens is 2. The van der Waals surface area contributed by atoms with Gasteiger partial charge in [0.05, 0.1) is 11.1 Å². The average molecular weight is 562 g/mol. The van der Waals surface area contributed by atoms with Crippen LogP contribution in [0.2, 0.25) is 0 Å². The van der Waals surface area contributed by atoms with Crippen LogP contribution in [-0.4, -0.2) is 31.7 Å². The first-order chi connectivity index (χ1) is 13.0. The van der Waals surface area contributed by atoms with Crippen LogP contribution in [0.5, 0.6) is 0 Å². The number of aromatic nitrogens is 1. The summed E-state index contributed by atoms with van der Waals surface area (Å²) in [7, 11) is 0. The molecule has 0 aliphatic heterocycles. The number of hydrogen-bond donors (Lipinski definition) is 1. The number of rotatable bonds is 8. The van der Waals surface area contributed by atoms with Gasteiger partial charge in [-0.2, -0.15) is 0 Å². The van der Waals surface area contributed by atoms with E-state index in [2.05, 4.69) is 28.2 Å². The molecule has 0 aliphatic carbocycles. The van der Waals surface area contributed by atoms with Crippen LogP contribution in [0.4, 0.5) is 10.5 Å². The second-order valence-electron chi connectivity index (χ2n) is 5.92. The number of carbonyl (C=O) groups excluding carboxylic acids is 2. The first-order valence-corrected chi connectivity index (χ1v) is 9.81. The Kier molecular flexibility index (Phi) is 11.1. The summed E-state index contributed by atoms with van der Waals surface area (Å²) in [5.74, 6) is -0.127. The van der Waals surface area contributed by atoms with Crippen molar-refractivity contribution in [3.8, 4) is 0 Å². The van der Waals surface area contributed by atoms with E-state index >= 15 is 0 Å². The summed E-state index contributed by atoms with van der Waals surface area (Å²) in [5.41, 5.74) is 1.35. The van der Waals surface area contributed by atoms with E-state index in [1.165, 1.54) is 0 Å². The summed E-state index contributed by atoms with van der Waals surface area (Å²) in [5, 5.41) is 2.66. The van der Waals surface area contributed by atoms with Crippen LogP contribution in [0.15, 0.2) is 53.3 Å². The minimum atomic E-state index is -0.485. The smallest absolute Gasteiger partial charge is 0.407 e. The molecule has 0 unspecified atom stereocenters. The van der Waals surface area contributed by atoms with E-state index in [9.17, 15) is 9.59 Å². The van der Waals surface area contributed by atoms with Gasteiger partial charge in [0.1, 0.15) is 12.1 Å². The van der Waals surface area contributed by atoms with Crippen LogP contribution < -0.4 is 38.8 Å². The van der Waals surface area contributed by atoms with Gasteiger partial charge in [0, 0.05) is 25.2 Å². The molecule has 0 aliphatic rings. The largest absolute Gasteiger partial charge is 1.00 e. The van der Waals surface area contributed by atoms with Crippen LogP contribution in [0.3, 0.4) is 0 Å². The van der Waals surface area contributed by atoms with Crippen molar-refractivity contribution in [3.63, 3.8) is 0 Å². The summed E-state index contributed by atoms with van der Waals surface area (Å²) in [6.07, 6.45) is 4.29. The maximum absolute atomic E-state index is 13.2. The Hall–Kier alpha value is -1.68. The van der Waals surface area contributed by atoms with Gasteiger partial charge in [-0.25, -0.2) is 9.36 Å². The van der Waals surface area contributed by atoms with Gasteiger partial charge in [-0.15, -0.1) is 0 Å². The normalized spacial score (nSPS) is 9.96. The summed E-state index contributed by atoms with van der Waals surface area (Å²) < 4.78 is 7.71. The standard InChI is InChI=1S/C20H24BrN3O3.HI/c1-3-11-23-14-16(13-17(21)15-23)19(25)24(18-8-6-5-7-9-18)12-10-22-20(26)27-4-2;/h5-9,13-15H,3-4,10-12H2,1-2H3;1H. The zero-order valence-electron chi connectivity index (χ0n) is 16.0. The van der Waals surface area contributed by atoms with Crippen molar-refractivity contribution in [3.05, 3.63) is 58.8 Å². The predicted molar refractivity (Wildman–Crippen MR) is 108 cm³/mol. The van der Waals surface area contributed by atoms with Crippen LogP contribution in [0.25, 0.3) is 0 Å². The Morgan fingerprint density at radius 1 is 1.18 bits per heavy atom. The van der Waals surface area contributed by atoms with Crippen molar-refractivity contribution in [2.45, 2.75) is 26.8 Å². The van der Waals surface area contributed by atoms with Crippen LogP contribution in [0.1, 0.15) is 30.6 Å². The first kappa shape index (κ1) is 24.4. The molecule has 152 valence electrons. The van der Waals surface area contributed by atoms with E-state index in [4.69, 9.17) is 4.74 Å². The topological polar surface area (TPSA) is 62.5 Å². The summed E-state index contributed by atoms with van der Waals surface area (Å²) in [6, 6.07) is 11.2. The Labute approximate surface area is 191 Å². The zero-order valence-corrected chi connectivity index (χ0v) is 19.8. The number of nitrogens with zero attached hydrogens (tertiary/aromatic N) is 2. The highest BCUT2D eigenvalue weighted by Crippen LogP contribution is 2.18. The number of para-hydroxylation sites is 1. The van der Waals surface area contributed by atoms with Gasteiger partial charge >= 0.3 is 6.09 Å². The van der Waals surface area contributed by atoms with Gasteiger partial charge in [-0.05, 0) is 41.1 Å². The highest BCUT2D eigenvalue weighted by atomic mass is 127. The number of carbonyl (C=O) groups is 2. The summed E-state index contributed by atoms with van der Waals surface area (Å²) >= 11 is 3.48. The van der Waals surface area contributed by atoms with Gasteiger partial charge in [-0.3, -0.25) is 4.79 Å². The lowest BCUT2D eigenvalue weighted by Gasteiger charge is -2.22. The number of amides is 2. The lowest BCUT2D eigenvalue weighted by atomic mass is 10.2. The van der Waals surface area contributed by atoms with E-state index in [1.54, 1.807) is 11.8 Å². The van der Waals surface area contributed by atoms with E-state index in [0.29, 0.717) is 25.3 Å². The minimum Gasteiger partial charge on any atom is -1.00 e. The molecule has 2 amide bonds. The van der Waals surface area contributed by atoms with E-state index in [0.717, 1.165) is 23.1 Å². The van der Waals surface area contributed by atoms with Crippen LogP contribution in [-0.2, 0) is 11.3 Å². The molecule has 0 radical (unpaired) electrons. The van der Waals surface area contributed by atoms with Gasteiger partial charge < -0.3 is 38.9 Å². The van der Waals surface area contributed by atoms with Gasteiger partial charge in [0.15, 0.2) is 12.4 Å². The van der Waals surface area contributed by atoms with E-state index < -0.39 is 6.09 Å². The molecule has 0 atom stereocenters. The molecule has 6 nitrogen and oxygen atoms in total. The molecule has 0 fully saturated rings. The summed E-state index contributed by atoms with van der Waals surface area (Å²) in [4.78, 5) is 26.4. The first-order valence-electron chi connectivity index (χ1n) is 9.02. The Morgan fingerprint density at radius 3 is 2.54 bits per heavy atom. The number of aryl methyl sites for hydroxylation is 1. The molecule has 8 heteroatoms. The van der Waals surface area contributed by atoms with Crippen molar-refractivity contribution in [1.82, 2.24) is 5.32 Å². The molecule has 1 N–H and O–H groups in total. The van der Waals surface area contributed by atoms with E-state index in [1.807, 2.05) is 53.4 Å². The van der Waals surface area contributed by atoms with E-state index in [-0.39, 0.29) is 29.9 Å². The molecule has 2 aromatic rings. The number of hydrogen-bond acceptors (Lipinski definition) is 3. The molecule has 0 bridgehead atoms. The average Bonchev–Trinajstić information content (AvgIpc) is 2.65. The van der Waals surface area contributed by atoms with Gasteiger partial charge in [-0.1, -0.05) is 25.1 Å². The fourth-order valence-corrected chi connectivity index (χ4v) is 3.17. The second-order valence-corrected chi connectivity index (χ2v) is 6.84. The second kappa shape index (κ2) is 12.7. The van der Waals surface area contributed by atoms with Gasteiger partial charge in [0.2, 0.25) is 0 Å². The zero-order chi connectivity index (χ0) is 19.6. The third-order valence-corrected chi connectivity index (χ3v) is 4.24. The Morgan fingerprint density at radius 2 is 1.89 bits per heavy atom. The molecule has 1 aromatic carbocycles. The molecule has 1 aromatic heterocycles. The van der Waals surface area contributed by atoms with Crippen molar-refractivity contribution < 1.29 is 42.9 Å². The molecule has 0 saturated carbocycles. The molecule has 0 saturated heterocycles. The SMILES string of the molecule is CCC[n+]1cc(Br)cc(C(=O)N(CCNC(=O)OCC)c2ccccc2)c1.[I-]. The molecular formula is C20H25BrIN3O3. The number of nitrogens with one attached hydrogen (secondary N) is 1. The van der Waals surface area contributed by atoms with Crippen molar-refractivity contribution >= 4 is 33.6 Å². The lowest BCUT2D eigenvalue weighted by molar-refractivity contribution is -0.697. The number of alkyl carbamates (subject to hydrolysis) is 1. The Balaban J connectivity index is 0.00000392. The predicted octanol–water partition coefficient (Wildman–Crippen LogP) is 0.544. The fourth-order valence-electron chi connectivity index (χ4n) is 2.67. The third-order valence-electron chi connectivity index (χ3n) is 3.81. The van der Waals surface area contributed by atoms with Gasteiger partial charge in [0.25, 0.3) is 5.91 Å². The third kappa shape index (κ3) is 7.38. The van der Waals surface area contributed by atoms with Crippen LogP contribution in [0, 0.1) is 0 Å². The summed E-state index contributed by atoms with van der Waals surface area (Å²) in [6.45, 7) is 5.60. The fraction of sp³-hybridized carbons (Fsp3) is 0.350. The number of ether oxygens (including phenoxy) is 1. The molecular weight excluding hydrogens is 537 g/mol. The monoisotopic (exact) mass is 561 g/mol. The maximum atomic E-state index is 13.2. The van der Waals surface area contributed by atoms with Crippen molar-refractivity contribution in [2.75, 3.05) is 24.6 Å². The molecule has 0 spiro atoms. The molecule has 2 rings (SSSR count). The molecule has 1 heterocycles. The number of benzene rings is 1. The highest BCUT2D eigenvalue weighted by molar-refractivity contribution is 9.10. The minimum absolute atomic E-state index is 0. The van der Waals surface area contributed by atoms with Crippen molar-refractivity contribution in [1.29, 1.82) is 0 Å². The lowest BCUT2D eigenvalue weighted by Crippen LogP contribution is -3.00. The quantitative estimate of drug-likeness (QED) is 0.378. The van der Waals surface area contributed by atoms with Crippen LogP contribution >= 0.6 is 15.9 Å². The number of anilines is 1. The highest BCUT2D eigenvalue weighted by Gasteiger charge is 2.21. The maximum Gasteiger partial charge on any atom is 0.407 e. The van der Waals surface area contributed by atoms with Crippen molar-refractivity contribution in [2.24, 2.45) is 0 Å². The molecule has 28 heavy (non-hydrogen) atoms. The Bertz CT molecular complexity index is 775.